The van der Waals surface area contributed by atoms with Gasteiger partial charge in [-0.05, 0) is 43.7 Å². The topological polar surface area (TPSA) is 103 Å². The Bertz CT molecular complexity index is 1020. The molecule has 0 unspecified atom stereocenters. The molecule has 7 nitrogen and oxygen atoms in total. The third-order valence-electron chi connectivity index (χ3n) is 4.15. The number of benzene rings is 1. The Kier molecular flexibility index (Phi) is 5.91. The van der Waals surface area contributed by atoms with Crippen molar-refractivity contribution in [3.8, 4) is 11.3 Å². The van der Waals surface area contributed by atoms with Crippen LogP contribution in [0.5, 0.6) is 0 Å². The van der Waals surface area contributed by atoms with Gasteiger partial charge in [-0.15, -0.1) is 0 Å². The number of halogens is 2. The molecule has 0 saturated carbocycles. The van der Waals surface area contributed by atoms with E-state index in [9.17, 15) is 9.18 Å². The molecule has 0 bridgehead atoms. The van der Waals surface area contributed by atoms with Crippen LogP contribution in [0.1, 0.15) is 21.7 Å². The number of rotatable bonds is 6. The summed E-state index contributed by atoms with van der Waals surface area (Å²) >= 11 is 6.04. The van der Waals surface area contributed by atoms with Gasteiger partial charge in [-0.25, -0.2) is 14.4 Å². The molecule has 3 aromatic rings. The zero-order valence-corrected chi connectivity index (χ0v) is 16.1. The first-order valence-corrected chi connectivity index (χ1v) is 8.92. The van der Waals surface area contributed by atoms with Crippen LogP contribution in [0.4, 0.5) is 16.0 Å². The van der Waals surface area contributed by atoms with Crippen molar-refractivity contribution in [1.82, 2.24) is 20.3 Å². The number of hydrogen-bond acceptors (Lipinski definition) is 5. The minimum atomic E-state index is -0.434. The Morgan fingerprint density at radius 2 is 2.11 bits per heavy atom. The van der Waals surface area contributed by atoms with Gasteiger partial charge in [-0.1, -0.05) is 11.6 Å². The van der Waals surface area contributed by atoms with Crippen molar-refractivity contribution in [2.24, 2.45) is 0 Å². The molecule has 1 aromatic carbocycles. The Morgan fingerprint density at radius 1 is 1.32 bits per heavy atom. The second kappa shape index (κ2) is 8.37. The number of nitrogens with zero attached hydrogens (tertiary/aromatic N) is 2. The molecule has 146 valence electrons. The van der Waals surface area contributed by atoms with Gasteiger partial charge in [0.15, 0.2) is 0 Å². The molecule has 0 aliphatic rings. The predicted octanol–water partition coefficient (Wildman–Crippen LogP) is 3.35. The molecule has 2 aromatic heterocycles. The number of carbonyl (C=O) groups excluding carboxylic acids is 1. The summed E-state index contributed by atoms with van der Waals surface area (Å²) in [5.41, 5.74) is 3.80. The van der Waals surface area contributed by atoms with E-state index >= 15 is 0 Å². The van der Waals surface area contributed by atoms with Gasteiger partial charge in [-0.3, -0.25) is 4.79 Å². The molecule has 0 fully saturated rings. The van der Waals surface area contributed by atoms with Crippen LogP contribution in [0.25, 0.3) is 11.3 Å². The summed E-state index contributed by atoms with van der Waals surface area (Å²) in [5.74, 6) is -0.445. The van der Waals surface area contributed by atoms with Gasteiger partial charge in [-0.2, -0.15) is 0 Å². The average molecular weight is 404 g/mol. The quantitative estimate of drug-likeness (QED) is 0.505. The summed E-state index contributed by atoms with van der Waals surface area (Å²) in [4.78, 5) is 24.0. The van der Waals surface area contributed by atoms with Crippen molar-refractivity contribution < 1.29 is 14.3 Å². The van der Waals surface area contributed by atoms with Gasteiger partial charge in [0.1, 0.15) is 11.5 Å². The van der Waals surface area contributed by atoms with Crippen LogP contribution in [-0.2, 0) is 0 Å². The lowest BCUT2D eigenvalue weighted by Crippen LogP contribution is -2.27. The van der Waals surface area contributed by atoms with Gasteiger partial charge < -0.3 is 20.7 Å². The fourth-order valence-corrected chi connectivity index (χ4v) is 3.10. The maximum absolute atomic E-state index is 13.2. The van der Waals surface area contributed by atoms with Crippen molar-refractivity contribution >= 4 is 29.1 Å². The minimum absolute atomic E-state index is 0.135. The molecule has 0 aliphatic heterocycles. The molecule has 4 N–H and O–H groups in total. The first-order valence-electron chi connectivity index (χ1n) is 8.54. The van der Waals surface area contributed by atoms with Crippen LogP contribution in [0, 0.1) is 19.7 Å². The van der Waals surface area contributed by atoms with Crippen LogP contribution in [-0.4, -0.2) is 39.1 Å². The van der Waals surface area contributed by atoms with Crippen molar-refractivity contribution in [3.63, 3.8) is 0 Å². The highest BCUT2D eigenvalue weighted by atomic mass is 35.5. The first-order chi connectivity index (χ1) is 13.4. The van der Waals surface area contributed by atoms with Crippen molar-refractivity contribution in [1.29, 1.82) is 0 Å². The Morgan fingerprint density at radius 3 is 2.82 bits per heavy atom. The first kappa shape index (κ1) is 19.8. The number of anilines is 2. The smallest absolute Gasteiger partial charge is 0.268 e. The molecule has 1 amide bonds. The van der Waals surface area contributed by atoms with E-state index in [4.69, 9.17) is 16.7 Å². The van der Waals surface area contributed by atoms with E-state index in [0.717, 1.165) is 16.8 Å². The van der Waals surface area contributed by atoms with E-state index in [0.29, 0.717) is 17.1 Å². The van der Waals surface area contributed by atoms with E-state index in [2.05, 4.69) is 25.6 Å². The van der Waals surface area contributed by atoms with Crippen molar-refractivity contribution in [3.05, 3.63) is 58.3 Å². The molecule has 0 aliphatic carbocycles. The molecule has 0 spiro atoms. The number of hydrogen-bond donors (Lipinski definition) is 4. The van der Waals surface area contributed by atoms with E-state index in [1.807, 2.05) is 13.8 Å². The van der Waals surface area contributed by atoms with Crippen LogP contribution < -0.4 is 10.6 Å². The van der Waals surface area contributed by atoms with Gasteiger partial charge in [0.05, 0.1) is 23.0 Å². The maximum atomic E-state index is 13.2. The maximum Gasteiger partial charge on any atom is 0.268 e. The van der Waals surface area contributed by atoms with Crippen LogP contribution in [0.2, 0.25) is 5.02 Å². The van der Waals surface area contributed by atoms with Gasteiger partial charge >= 0.3 is 0 Å². The van der Waals surface area contributed by atoms with Gasteiger partial charge in [0.25, 0.3) is 5.91 Å². The van der Waals surface area contributed by atoms with Crippen molar-refractivity contribution in [2.45, 2.75) is 13.8 Å². The third kappa shape index (κ3) is 4.13. The molecule has 0 saturated heterocycles. The number of H-pyrrole nitrogens is 1. The fraction of sp³-hybridized carbons (Fsp3) is 0.211. The van der Waals surface area contributed by atoms with Gasteiger partial charge in [0.2, 0.25) is 5.95 Å². The molecule has 3 rings (SSSR count). The lowest BCUT2D eigenvalue weighted by Gasteiger charge is -2.09. The Labute approximate surface area is 166 Å². The van der Waals surface area contributed by atoms with E-state index < -0.39 is 5.82 Å². The highest BCUT2D eigenvalue weighted by Gasteiger charge is 2.19. The summed E-state index contributed by atoms with van der Waals surface area (Å²) in [6, 6.07) is 5.72. The zero-order chi connectivity index (χ0) is 20.3. The summed E-state index contributed by atoms with van der Waals surface area (Å²) < 4.78 is 13.2. The molecule has 0 radical (unpaired) electrons. The highest BCUT2D eigenvalue weighted by molar-refractivity contribution is 6.33. The Hall–Kier alpha value is -2.97. The van der Waals surface area contributed by atoms with E-state index in [1.54, 1.807) is 12.3 Å². The SMILES string of the molecule is Cc1[nH]c(C(=O)NCCO)c(C)c1-c1ccnc(Nc2ccc(F)cc2Cl)n1. The normalized spacial score (nSPS) is 10.8. The number of carbonyl (C=O) groups is 1. The number of aromatic nitrogens is 3. The molecule has 9 heteroatoms. The highest BCUT2D eigenvalue weighted by Crippen LogP contribution is 2.30. The third-order valence-corrected chi connectivity index (χ3v) is 4.46. The van der Waals surface area contributed by atoms with E-state index in [-0.39, 0.29) is 30.0 Å². The standard InChI is InChI=1S/C19H19ClFN5O2/c1-10-16(11(2)24-17(10)18(28)22-7-8-27)15-5-6-23-19(26-15)25-14-4-3-12(21)9-13(14)20/h3-6,9,24,27H,7-8H2,1-2H3,(H,22,28)(H,23,25,26). The molecular weight excluding hydrogens is 385 g/mol. The number of amides is 1. The van der Waals surface area contributed by atoms with Crippen LogP contribution >= 0.6 is 11.6 Å². The monoisotopic (exact) mass is 403 g/mol. The summed E-state index contributed by atoms with van der Waals surface area (Å²) in [6.07, 6.45) is 1.58. The summed E-state index contributed by atoms with van der Waals surface area (Å²) in [6.45, 7) is 3.70. The number of aromatic amines is 1. The minimum Gasteiger partial charge on any atom is -0.395 e. The molecular formula is C19H19ClFN5O2. The Balaban J connectivity index is 1.92. The number of nitrogens with one attached hydrogen (secondary N) is 3. The number of aryl methyl sites for hydroxylation is 1. The molecule has 28 heavy (non-hydrogen) atoms. The number of aliphatic hydroxyl groups excluding tert-OH is 1. The average Bonchev–Trinajstić information content (AvgIpc) is 2.96. The lowest BCUT2D eigenvalue weighted by molar-refractivity contribution is 0.0939. The second-order valence-electron chi connectivity index (χ2n) is 6.12. The van der Waals surface area contributed by atoms with Crippen LogP contribution in [0.3, 0.4) is 0 Å². The fourth-order valence-electron chi connectivity index (χ4n) is 2.89. The zero-order valence-electron chi connectivity index (χ0n) is 15.3. The molecule has 0 atom stereocenters. The summed E-state index contributed by atoms with van der Waals surface area (Å²) in [5, 5.41) is 14.7. The largest absolute Gasteiger partial charge is 0.395 e. The predicted molar refractivity (Wildman–Crippen MR) is 105 cm³/mol. The van der Waals surface area contributed by atoms with Crippen LogP contribution in [0.15, 0.2) is 30.5 Å². The van der Waals surface area contributed by atoms with E-state index in [1.165, 1.54) is 18.2 Å². The summed E-state index contributed by atoms with van der Waals surface area (Å²) in [7, 11) is 0. The van der Waals surface area contributed by atoms with Crippen molar-refractivity contribution in [2.75, 3.05) is 18.5 Å². The lowest BCUT2D eigenvalue weighted by atomic mass is 10.1. The second-order valence-corrected chi connectivity index (χ2v) is 6.53. The number of aliphatic hydroxyl groups is 1. The molecule has 2 heterocycles. The van der Waals surface area contributed by atoms with Gasteiger partial charge in [0, 0.05) is 24.0 Å².